The predicted molar refractivity (Wildman–Crippen MR) is 181 cm³/mol. The number of alkyl halides is 3. The third-order valence-electron chi connectivity index (χ3n) is 9.58. The lowest BCUT2D eigenvalue weighted by Gasteiger charge is -2.42. The van der Waals surface area contributed by atoms with Gasteiger partial charge < -0.3 is 28.7 Å². The van der Waals surface area contributed by atoms with E-state index in [1.54, 1.807) is 20.1 Å². The lowest BCUT2D eigenvalue weighted by Crippen LogP contribution is -2.49. The van der Waals surface area contributed by atoms with Gasteiger partial charge in [-0.25, -0.2) is 8.78 Å². The molecule has 50 heavy (non-hydrogen) atoms. The summed E-state index contributed by atoms with van der Waals surface area (Å²) in [7, 11) is 1.59. The molecule has 2 aliphatic heterocycles. The van der Waals surface area contributed by atoms with E-state index in [1.807, 2.05) is 29.2 Å². The van der Waals surface area contributed by atoms with E-state index in [2.05, 4.69) is 6.92 Å². The summed E-state index contributed by atoms with van der Waals surface area (Å²) in [6.07, 6.45) is -0.795. The fourth-order valence-corrected chi connectivity index (χ4v) is 6.79. The van der Waals surface area contributed by atoms with E-state index in [0.29, 0.717) is 48.7 Å². The molecule has 3 aromatic rings. The summed E-state index contributed by atoms with van der Waals surface area (Å²) in [6, 6.07) is 12.9. The van der Waals surface area contributed by atoms with Crippen molar-refractivity contribution in [3.05, 3.63) is 82.9 Å². The largest absolute Gasteiger partial charge is 0.497 e. The summed E-state index contributed by atoms with van der Waals surface area (Å²) in [6.45, 7) is 4.79. The molecule has 1 saturated heterocycles. The number of anilines is 2. The Balaban J connectivity index is 1.40. The molecule has 0 aromatic heterocycles. The first kappa shape index (κ1) is 37.2. The average Bonchev–Trinajstić information content (AvgIpc) is 3.10. The molecule has 2 heterocycles. The highest BCUT2D eigenvalue weighted by Crippen LogP contribution is 2.44. The third kappa shape index (κ3) is 8.45. The lowest BCUT2D eigenvalue weighted by atomic mass is 9.78. The standard InChI is InChI=1S/C38H45F5N2O5/c1-4-6-7-22-49-34-17-13-29-33(16-15-31(40)35(29)45(34)24-26-8-11-28(47-3)12-9-26)50-25-37(36(46)48-5-2)18-20-44(21-19-37)32-23-27(39)10-14-30(32)38(41,42)43/h8-12,14-16,23,34H,4-7,13,17-22,24-25H2,1-3H3. The van der Waals surface area contributed by atoms with E-state index in [1.165, 1.54) is 11.0 Å². The Hall–Kier alpha value is -4.06. The Labute approximate surface area is 290 Å². The number of rotatable bonds is 14. The molecule has 0 aliphatic carbocycles. The Kier molecular flexibility index (Phi) is 12.1. The maximum absolute atomic E-state index is 15.8. The van der Waals surface area contributed by atoms with Gasteiger partial charge in [0.15, 0.2) is 0 Å². The molecule has 0 saturated carbocycles. The molecular weight excluding hydrogens is 659 g/mol. The van der Waals surface area contributed by atoms with Gasteiger partial charge in [0.1, 0.15) is 41.4 Å². The van der Waals surface area contributed by atoms with Crippen LogP contribution >= 0.6 is 0 Å². The molecule has 0 bridgehead atoms. The number of piperidine rings is 1. The van der Waals surface area contributed by atoms with Crippen LogP contribution in [0.1, 0.15) is 69.1 Å². The summed E-state index contributed by atoms with van der Waals surface area (Å²) in [5.41, 5.74) is -0.433. The number of carbonyl (C=O) groups is 1. The zero-order chi connectivity index (χ0) is 35.9. The molecule has 0 spiro atoms. The van der Waals surface area contributed by atoms with Crippen LogP contribution in [-0.4, -0.2) is 52.2 Å². The van der Waals surface area contributed by atoms with Gasteiger partial charge >= 0.3 is 12.1 Å². The van der Waals surface area contributed by atoms with Crippen molar-refractivity contribution < 1.29 is 45.7 Å². The van der Waals surface area contributed by atoms with Gasteiger partial charge in [-0.2, -0.15) is 13.2 Å². The number of carbonyl (C=O) groups excluding carboxylic acids is 1. The van der Waals surface area contributed by atoms with Gasteiger partial charge in [0.2, 0.25) is 0 Å². The highest BCUT2D eigenvalue weighted by Gasteiger charge is 2.45. The van der Waals surface area contributed by atoms with Crippen LogP contribution in [0.5, 0.6) is 11.5 Å². The van der Waals surface area contributed by atoms with E-state index in [0.717, 1.165) is 43.0 Å². The van der Waals surface area contributed by atoms with Crippen LogP contribution in [0.15, 0.2) is 54.6 Å². The Morgan fingerprint density at radius 1 is 0.980 bits per heavy atom. The first-order valence-electron chi connectivity index (χ1n) is 17.2. The second kappa shape index (κ2) is 16.3. The molecule has 0 radical (unpaired) electrons. The van der Waals surface area contributed by atoms with Crippen molar-refractivity contribution in [2.45, 2.75) is 77.7 Å². The normalized spacial score (nSPS) is 17.3. The van der Waals surface area contributed by atoms with Crippen LogP contribution in [0.3, 0.4) is 0 Å². The zero-order valence-corrected chi connectivity index (χ0v) is 28.8. The Bertz CT molecular complexity index is 1590. The fraction of sp³-hybridized carbons (Fsp3) is 0.500. The number of hydrogen-bond acceptors (Lipinski definition) is 7. The number of nitrogens with zero attached hydrogens (tertiary/aromatic N) is 2. The number of methoxy groups -OCH3 is 1. The summed E-state index contributed by atoms with van der Waals surface area (Å²) in [5.74, 6) is -0.602. The third-order valence-corrected chi connectivity index (χ3v) is 9.58. The molecule has 3 aromatic carbocycles. The quantitative estimate of drug-likeness (QED) is 0.0946. The first-order valence-corrected chi connectivity index (χ1v) is 17.2. The van der Waals surface area contributed by atoms with Gasteiger partial charge in [0, 0.05) is 31.8 Å². The van der Waals surface area contributed by atoms with Gasteiger partial charge in [0.25, 0.3) is 0 Å². The van der Waals surface area contributed by atoms with Crippen LogP contribution < -0.4 is 19.3 Å². The number of esters is 1. The number of benzene rings is 3. The molecule has 1 atom stereocenters. The highest BCUT2D eigenvalue weighted by atomic mass is 19.4. The van der Waals surface area contributed by atoms with Crippen LogP contribution in [0.2, 0.25) is 0 Å². The van der Waals surface area contributed by atoms with Crippen molar-refractivity contribution in [1.82, 2.24) is 0 Å². The zero-order valence-electron chi connectivity index (χ0n) is 28.8. The molecule has 1 fully saturated rings. The maximum atomic E-state index is 15.8. The monoisotopic (exact) mass is 704 g/mol. The maximum Gasteiger partial charge on any atom is 0.418 e. The van der Waals surface area contributed by atoms with Crippen molar-refractivity contribution in [3.8, 4) is 11.5 Å². The summed E-state index contributed by atoms with van der Waals surface area (Å²) >= 11 is 0. The minimum atomic E-state index is -4.68. The second-order valence-corrected chi connectivity index (χ2v) is 12.9. The summed E-state index contributed by atoms with van der Waals surface area (Å²) in [5, 5.41) is 0. The molecule has 272 valence electrons. The van der Waals surface area contributed by atoms with Crippen molar-refractivity contribution in [1.29, 1.82) is 0 Å². The Morgan fingerprint density at radius 3 is 2.38 bits per heavy atom. The molecule has 7 nitrogen and oxygen atoms in total. The van der Waals surface area contributed by atoms with Crippen molar-refractivity contribution in [3.63, 3.8) is 0 Å². The summed E-state index contributed by atoms with van der Waals surface area (Å²) < 4.78 is 94.8. The van der Waals surface area contributed by atoms with Crippen LogP contribution in [0, 0.1) is 17.0 Å². The van der Waals surface area contributed by atoms with E-state index >= 15 is 4.39 Å². The van der Waals surface area contributed by atoms with E-state index in [4.69, 9.17) is 18.9 Å². The molecule has 0 amide bonds. The van der Waals surface area contributed by atoms with Crippen molar-refractivity contribution >= 4 is 17.3 Å². The van der Waals surface area contributed by atoms with Crippen LogP contribution in [-0.2, 0) is 33.4 Å². The number of hydrogen-bond donors (Lipinski definition) is 0. The minimum Gasteiger partial charge on any atom is -0.497 e. The lowest BCUT2D eigenvalue weighted by molar-refractivity contribution is -0.159. The van der Waals surface area contributed by atoms with Gasteiger partial charge in [0.05, 0.1) is 30.7 Å². The van der Waals surface area contributed by atoms with Crippen molar-refractivity contribution in [2.24, 2.45) is 5.41 Å². The van der Waals surface area contributed by atoms with Crippen molar-refractivity contribution in [2.75, 3.05) is 49.8 Å². The SMILES string of the molecule is CCCCCOC1CCc2c(OCC3(C(=O)OCC)CCN(c4cc(F)ccc4C(F)(F)F)CC3)ccc(F)c2N1Cc1ccc(OC)cc1. The first-order chi connectivity index (χ1) is 24.0. The van der Waals surface area contributed by atoms with Crippen LogP contribution in [0.25, 0.3) is 0 Å². The van der Waals surface area contributed by atoms with Gasteiger partial charge in [-0.05, 0) is 87.1 Å². The molecule has 2 aliphatic rings. The van der Waals surface area contributed by atoms with E-state index in [9.17, 15) is 22.4 Å². The second-order valence-electron chi connectivity index (χ2n) is 12.9. The van der Waals surface area contributed by atoms with E-state index in [-0.39, 0.29) is 51.1 Å². The molecule has 12 heteroatoms. The van der Waals surface area contributed by atoms with Gasteiger partial charge in [-0.15, -0.1) is 0 Å². The number of unbranched alkanes of at least 4 members (excludes halogenated alkanes) is 2. The molecule has 0 N–H and O–H groups in total. The Morgan fingerprint density at radius 2 is 1.72 bits per heavy atom. The number of ether oxygens (including phenoxy) is 4. The molecule has 1 unspecified atom stereocenters. The number of halogens is 5. The predicted octanol–water partition coefficient (Wildman–Crippen LogP) is 8.71. The fourth-order valence-electron chi connectivity index (χ4n) is 6.79. The highest BCUT2D eigenvalue weighted by molar-refractivity contribution is 5.78. The van der Waals surface area contributed by atoms with Gasteiger partial charge in [-0.3, -0.25) is 4.79 Å². The topological polar surface area (TPSA) is 60.5 Å². The average molecular weight is 705 g/mol. The smallest absolute Gasteiger partial charge is 0.418 e. The number of fused-ring (bicyclic) bond motifs is 1. The van der Waals surface area contributed by atoms with Crippen LogP contribution in [0.4, 0.5) is 33.3 Å². The van der Waals surface area contributed by atoms with Gasteiger partial charge in [-0.1, -0.05) is 31.9 Å². The van der Waals surface area contributed by atoms with E-state index < -0.39 is 34.8 Å². The molecular formula is C38H45F5N2O5. The summed E-state index contributed by atoms with van der Waals surface area (Å²) in [4.78, 5) is 16.8. The molecule has 5 rings (SSSR count). The minimum absolute atomic E-state index is 0.0446.